The lowest BCUT2D eigenvalue weighted by atomic mass is 10.00. The molecule has 3 N–H and O–H groups in total. The highest BCUT2D eigenvalue weighted by Crippen LogP contribution is 2.19. The molecule has 0 spiro atoms. The molecule has 2 aliphatic heterocycles. The minimum Gasteiger partial charge on any atom is -0.390 e. The number of nitrogens with zero attached hydrogens (tertiary/aromatic N) is 4. The number of piperazine rings is 1. The first kappa shape index (κ1) is 22.6. The Balaban J connectivity index is 1.16. The van der Waals surface area contributed by atoms with Gasteiger partial charge in [0.1, 0.15) is 11.3 Å². The van der Waals surface area contributed by atoms with Gasteiger partial charge in [-0.15, -0.1) is 0 Å². The fraction of sp³-hybridized carbons (Fsp3) is 0.385. The molecule has 34 heavy (non-hydrogen) atoms. The van der Waals surface area contributed by atoms with Crippen LogP contribution >= 0.6 is 0 Å². The van der Waals surface area contributed by atoms with Gasteiger partial charge in [-0.3, -0.25) is 9.69 Å². The van der Waals surface area contributed by atoms with Gasteiger partial charge in [-0.1, -0.05) is 30.8 Å². The molecule has 0 unspecified atom stereocenters. The van der Waals surface area contributed by atoms with E-state index in [0.29, 0.717) is 30.0 Å². The van der Waals surface area contributed by atoms with E-state index >= 15 is 0 Å². The fourth-order valence-electron chi connectivity index (χ4n) is 4.72. The number of β-amino-alcohol motifs (C(OH)–C–C–N with tert-alkyl or cyclic N) is 1. The van der Waals surface area contributed by atoms with Crippen molar-refractivity contribution >= 4 is 17.3 Å². The number of carbonyl (C=O) groups is 1. The van der Waals surface area contributed by atoms with Crippen LogP contribution in [-0.4, -0.2) is 82.1 Å². The molecule has 1 amide bonds. The minimum absolute atomic E-state index is 0.0408. The van der Waals surface area contributed by atoms with E-state index in [1.165, 1.54) is 11.1 Å². The largest absolute Gasteiger partial charge is 0.390 e. The van der Waals surface area contributed by atoms with Gasteiger partial charge in [0.2, 0.25) is 0 Å². The number of hydrogen-bond donors (Lipinski definition) is 3. The van der Waals surface area contributed by atoms with Crippen LogP contribution < -0.4 is 10.6 Å². The van der Waals surface area contributed by atoms with Gasteiger partial charge in [-0.25, -0.2) is 4.98 Å². The summed E-state index contributed by atoms with van der Waals surface area (Å²) in [6, 6.07) is 12.2. The van der Waals surface area contributed by atoms with Crippen molar-refractivity contribution in [1.82, 2.24) is 29.8 Å². The van der Waals surface area contributed by atoms with Crippen LogP contribution in [0.1, 0.15) is 27.2 Å². The molecule has 1 aromatic carbocycles. The zero-order valence-corrected chi connectivity index (χ0v) is 19.4. The minimum atomic E-state index is -0.512. The number of imidazole rings is 1. The molecule has 1 atom stereocenters. The summed E-state index contributed by atoms with van der Waals surface area (Å²) in [6.07, 6.45) is 4.20. The molecule has 5 rings (SSSR count). The van der Waals surface area contributed by atoms with Crippen LogP contribution in [0.5, 0.6) is 0 Å². The van der Waals surface area contributed by atoms with Crippen LogP contribution in [0.2, 0.25) is 0 Å². The maximum absolute atomic E-state index is 12.8. The van der Waals surface area contributed by atoms with Crippen LogP contribution in [0.4, 0.5) is 0 Å². The van der Waals surface area contributed by atoms with Crippen molar-refractivity contribution in [3.8, 4) is 0 Å². The smallest absolute Gasteiger partial charge is 0.255 e. The molecule has 8 nitrogen and oxygen atoms in total. The first-order chi connectivity index (χ1) is 16.6. The van der Waals surface area contributed by atoms with Gasteiger partial charge < -0.3 is 25.0 Å². The lowest BCUT2D eigenvalue weighted by Crippen LogP contribution is -2.46. The Labute approximate surface area is 199 Å². The van der Waals surface area contributed by atoms with Gasteiger partial charge >= 0.3 is 0 Å². The van der Waals surface area contributed by atoms with Crippen LogP contribution in [0.15, 0.2) is 55.4 Å². The SMILES string of the molecule is C=C(NC[C@H](O)CN1CCc2ccccc2C1)c1cn2cc(C(=O)N3CCNCC3)ccc2n1. The third-order valence-corrected chi connectivity index (χ3v) is 6.64. The molecule has 2 aliphatic rings. The molecule has 0 radical (unpaired) electrons. The van der Waals surface area contributed by atoms with Gasteiger partial charge in [0.05, 0.1) is 17.4 Å². The zero-order chi connectivity index (χ0) is 23.5. The topological polar surface area (TPSA) is 85.1 Å². The van der Waals surface area contributed by atoms with Crippen molar-refractivity contribution in [2.24, 2.45) is 0 Å². The van der Waals surface area contributed by atoms with Gasteiger partial charge in [0.15, 0.2) is 0 Å². The monoisotopic (exact) mass is 460 g/mol. The van der Waals surface area contributed by atoms with Crippen LogP contribution in [0, 0.1) is 0 Å². The van der Waals surface area contributed by atoms with Gasteiger partial charge in [0, 0.05) is 64.8 Å². The number of aromatic nitrogens is 2. The van der Waals surface area contributed by atoms with Crippen LogP contribution in [0.25, 0.3) is 11.3 Å². The maximum atomic E-state index is 12.8. The lowest BCUT2D eigenvalue weighted by molar-refractivity contribution is 0.0735. The molecule has 1 fully saturated rings. The predicted octanol–water partition coefficient (Wildman–Crippen LogP) is 1.36. The molecule has 3 aromatic rings. The summed E-state index contributed by atoms with van der Waals surface area (Å²) in [7, 11) is 0. The van der Waals surface area contributed by atoms with Crippen molar-refractivity contribution in [1.29, 1.82) is 0 Å². The molecule has 1 saturated heterocycles. The number of amides is 1. The van der Waals surface area contributed by atoms with E-state index in [0.717, 1.165) is 51.3 Å². The van der Waals surface area contributed by atoms with Crippen molar-refractivity contribution in [3.05, 3.63) is 77.8 Å². The second-order valence-electron chi connectivity index (χ2n) is 9.12. The number of aliphatic hydroxyl groups is 1. The Kier molecular flexibility index (Phi) is 6.62. The second-order valence-corrected chi connectivity index (χ2v) is 9.12. The Morgan fingerprint density at radius 3 is 2.74 bits per heavy atom. The number of benzene rings is 1. The van der Waals surface area contributed by atoms with Crippen molar-refractivity contribution < 1.29 is 9.90 Å². The Morgan fingerprint density at radius 2 is 1.91 bits per heavy atom. The quantitative estimate of drug-likeness (QED) is 0.494. The fourth-order valence-corrected chi connectivity index (χ4v) is 4.72. The molecule has 0 saturated carbocycles. The normalized spacial score (nSPS) is 17.4. The third-order valence-electron chi connectivity index (χ3n) is 6.64. The highest BCUT2D eigenvalue weighted by atomic mass is 16.3. The van der Waals surface area contributed by atoms with E-state index in [1.807, 2.05) is 33.8 Å². The number of aliphatic hydroxyl groups excluding tert-OH is 1. The summed E-state index contributed by atoms with van der Waals surface area (Å²) >= 11 is 0. The summed E-state index contributed by atoms with van der Waals surface area (Å²) in [4.78, 5) is 21.6. The molecular weight excluding hydrogens is 428 g/mol. The Morgan fingerprint density at radius 1 is 1.12 bits per heavy atom. The van der Waals surface area contributed by atoms with Gasteiger partial charge in [0.25, 0.3) is 5.91 Å². The van der Waals surface area contributed by atoms with E-state index in [2.05, 4.69) is 51.4 Å². The van der Waals surface area contributed by atoms with E-state index in [-0.39, 0.29) is 5.91 Å². The number of nitrogens with one attached hydrogen (secondary N) is 2. The average molecular weight is 461 g/mol. The van der Waals surface area contributed by atoms with Crippen LogP contribution in [0.3, 0.4) is 0 Å². The number of fused-ring (bicyclic) bond motifs is 2. The van der Waals surface area contributed by atoms with E-state index in [4.69, 9.17) is 0 Å². The summed E-state index contributed by atoms with van der Waals surface area (Å²) < 4.78 is 1.86. The number of pyridine rings is 1. The average Bonchev–Trinajstić information content (AvgIpc) is 3.31. The standard InChI is InChI=1S/C26H32N6O2/c1-19(28-14-23(33)17-30-11-8-20-4-2-3-5-21(20)15-30)24-18-32-16-22(6-7-25(32)29-24)26(34)31-12-9-27-10-13-31/h2-7,16,18,23,27-28,33H,1,8-15,17H2/t23-/m0/s1. The van der Waals surface area contributed by atoms with Gasteiger partial charge in [-0.2, -0.15) is 0 Å². The van der Waals surface area contributed by atoms with Crippen LogP contribution in [-0.2, 0) is 13.0 Å². The first-order valence-corrected chi connectivity index (χ1v) is 12.0. The zero-order valence-electron chi connectivity index (χ0n) is 19.4. The molecular formula is C26H32N6O2. The highest BCUT2D eigenvalue weighted by molar-refractivity contribution is 5.94. The van der Waals surface area contributed by atoms with E-state index < -0.39 is 6.10 Å². The molecule has 178 valence electrons. The highest BCUT2D eigenvalue weighted by Gasteiger charge is 2.20. The lowest BCUT2D eigenvalue weighted by Gasteiger charge is -2.30. The van der Waals surface area contributed by atoms with E-state index in [1.54, 1.807) is 0 Å². The second kappa shape index (κ2) is 9.97. The Bertz CT molecular complexity index is 1180. The molecule has 4 heterocycles. The van der Waals surface area contributed by atoms with E-state index in [9.17, 15) is 9.90 Å². The molecule has 0 bridgehead atoms. The summed E-state index contributed by atoms with van der Waals surface area (Å²) in [6.45, 7) is 10.0. The molecule has 8 heteroatoms. The number of hydrogen-bond acceptors (Lipinski definition) is 6. The predicted molar refractivity (Wildman–Crippen MR) is 132 cm³/mol. The van der Waals surface area contributed by atoms with Crippen molar-refractivity contribution in [2.75, 3.05) is 45.8 Å². The number of carbonyl (C=O) groups excluding carboxylic acids is 1. The molecule has 2 aromatic heterocycles. The summed E-state index contributed by atoms with van der Waals surface area (Å²) in [5.74, 6) is 0.0408. The molecule has 0 aliphatic carbocycles. The van der Waals surface area contributed by atoms with Crippen molar-refractivity contribution in [3.63, 3.8) is 0 Å². The maximum Gasteiger partial charge on any atom is 0.255 e. The first-order valence-electron chi connectivity index (χ1n) is 12.0. The summed E-state index contributed by atoms with van der Waals surface area (Å²) in [5, 5.41) is 17.1. The Hall–Kier alpha value is -3.20. The summed E-state index contributed by atoms with van der Waals surface area (Å²) in [5.41, 5.74) is 5.51. The number of rotatable bonds is 7. The third kappa shape index (κ3) is 4.99. The van der Waals surface area contributed by atoms with Gasteiger partial charge in [-0.05, 0) is 29.7 Å². The van der Waals surface area contributed by atoms with Crippen molar-refractivity contribution in [2.45, 2.75) is 19.1 Å².